The Kier molecular flexibility index (Phi) is 2.84. The maximum absolute atomic E-state index is 6.05. The first kappa shape index (κ1) is 10.3. The predicted molar refractivity (Wildman–Crippen MR) is 62.3 cm³/mol. The highest BCUT2D eigenvalue weighted by atomic mass is 35.5. The van der Waals surface area contributed by atoms with E-state index in [0.717, 1.165) is 11.3 Å². The van der Waals surface area contributed by atoms with Crippen LogP contribution in [0, 0.1) is 0 Å². The van der Waals surface area contributed by atoms with Gasteiger partial charge in [0.1, 0.15) is 5.82 Å². The average molecular weight is 242 g/mol. The van der Waals surface area contributed by atoms with E-state index in [-0.39, 0.29) is 0 Å². The van der Waals surface area contributed by atoms with Gasteiger partial charge in [0.25, 0.3) is 0 Å². The van der Waals surface area contributed by atoms with E-state index in [9.17, 15) is 0 Å². The highest BCUT2D eigenvalue weighted by molar-refractivity contribution is 6.42. The molecule has 0 bridgehead atoms. The largest absolute Gasteiger partial charge is 0.382 e. The molecule has 0 aliphatic heterocycles. The van der Waals surface area contributed by atoms with E-state index in [1.165, 1.54) is 0 Å². The number of nitrogen functional groups attached to an aromatic ring is 1. The molecule has 0 spiro atoms. The van der Waals surface area contributed by atoms with Crippen LogP contribution < -0.4 is 5.73 Å². The quantitative estimate of drug-likeness (QED) is 0.850. The van der Waals surface area contributed by atoms with E-state index in [4.69, 9.17) is 28.9 Å². The van der Waals surface area contributed by atoms with Crippen LogP contribution in [0.2, 0.25) is 10.0 Å². The third-order valence-corrected chi connectivity index (χ3v) is 2.92. The smallest absolute Gasteiger partial charge is 0.145 e. The normalized spacial score (nSPS) is 10.5. The van der Waals surface area contributed by atoms with Gasteiger partial charge < -0.3 is 5.73 Å². The Balaban J connectivity index is 2.28. The van der Waals surface area contributed by atoms with Crippen molar-refractivity contribution in [2.75, 3.05) is 5.73 Å². The summed E-state index contributed by atoms with van der Waals surface area (Å²) in [5, 5.41) is 7.80. The fraction of sp³-hybridized carbons (Fsp3) is 0.100. The van der Waals surface area contributed by atoms with Gasteiger partial charge in [-0.25, -0.2) is 0 Å². The second kappa shape index (κ2) is 4.13. The lowest BCUT2D eigenvalue weighted by Crippen LogP contribution is -1.90. The molecule has 15 heavy (non-hydrogen) atoms. The molecule has 0 amide bonds. The van der Waals surface area contributed by atoms with Gasteiger partial charge >= 0.3 is 0 Å². The molecule has 5 heteroatoms. The minimum absolute atomic E-state index is 0.475. The number of nitrogens with two attached hydrogens (primary N) is 1. The van der Waals surface area contributed by atoms with E-state index in [0.29, 0.717) is 22.3 Å². The standard InChI is InChI=1S/C10H9Cl2N3/c11-8-3-1-2-6(10(8)12)4-7-5-9(13)15-14-7/h1-3,5H,4H2,(H3,13,14,15). The van der Waals surface area contributed by atoms with Crippen LogP contribution >= 0.6 is 23.2 Å². The molecule has 78 valence electrons. The first-order valence-corrected chi connectivity index (χ1v) is 5.15. The molecular weight excluding hydrogens is 233 g/mol. The minimum atomic E-state index is 0.475. The molecular formula is C10H9Cl2N3. The molecule has 1 aromatic carbocycles. The van der Waals surface area contributed by atoms with Gasteiger partial charge in [0, 0.05) is 18.2 Å². The zero-order chi connectivity index (χ0) is 10.8. The number of nitrogens with zero attached hydrogens (tertiary/aromatic N) is 1. The number of aromatic amines is 1. The fourth-order valence-corrected chi connectivity index (χ4v) is 1.75. The topological polar surface area (TPSA) is 54.7 Å². The molecule has 0 aliphatic rings. The van der Waals surface area contributed by atoms with Crippen molar-refractivity contribution in [3.8, 4) is 0 Å². The molecule has 0 radical (unpaired) electrons. The number of halogens is 2. The molecule has 0 atom stereocenters. The van der Waals surface area contributed by atoms with E-state index in [1.807, 2.05) is 12.1 Å². The Hall–Kier alpha value is -1.19. The molecule has 1 aromatic heterocycles. The lowest BCUT2D eigenvalue weighted by molar-refractivity contribution is 1.000. The molecule has 0 unspecified atom stereocenters. The van der Waals surface area contributed by atoms with Crippen molar-refractivity contribution >= 4 is 29.0 Å². The Bertz CT molecular complexity index is 479. The number of benzene rings is 1. The van der Waals surface area contributed by atoms with Crippen molar-refractivity contribution in [2.24, 2.45) is 0 Å². The Labute approximate surface area is 97.2 Å². The van der Waals surface area contributed by atoms with Gasteiger partial charge in [-0.3, -0.25) is 5.10 Å². The maximum atomic E-state index is 6.05. The number of aromatic nitrogens is 2. The summed E-state index contributed by atoms with van der Waals surface area (Å²) in [6, 6.07) is 7.32. The van der Waals surface area contributed by atoms with Crippen molar-refractivity contribution in [3.05, 3.63) is 45.6 Å². The number of nitrogens with one attached hydrogen (secondary N) is 1. The molecule has 3 nitrogen and oxygen atoms in total. The highest BCUT2D eigenvalue weighted by Crippen LogP contribution is 2.27. The zero-order valence-electron chi connectivity index (χ0n) is 7.80. The second-order valence-electron chi connectivity index (χ2n) is 3.21. The van der Waals surface area contributed by atoms with Crippen LogP contribution in [0.4, 0.5) is 5.82 Å². The number of anilines is 1. The van der Waals surface area contributed by atoms with Gasteiger partial charge in [-0.15, -0.1) is 0 Å². The van der Waals surface area contributed by atoms with E-state index >= 15 is 0 Å². The summed E-state index contributed by atoms with van der Waals surface area (Å²) in [7, 11) is 0. The Morgan fingerprint density at radius 1 is 1.33 bits per heavy atom. The third-order valence-electron chi connectivity index (χ3n) is 2.06. The van der Waals surface area contributed by atoms with Crippen LogP contribution in [0.3, 0.4) is 0 Å². The summed E-state index contributed by atoms with van der Waals surface area (Å²) in [6.07, 6.45) is 0.642. The van der Waals surface area contributed by atoms with Crippen LogP contribution in [0.25, 0.3) is 0 Å². The number of rotatable bonds is 2. The van der Waals surface area contributed by atoms with Crippen LogP contribution in [-0.4, -0.2) is 10.2 Å². The van der Waals surface area contributed by atoms with Gasteiger partial charge in [-0.2, -0.15) is 5.10 Å². The van der Waals surface area contributed by atoms with Gasteiger partial charge in [0.2, 0.25) is 0 Å². The van der Waals surface area contributed by atoms with Gasteiger partial charge in [0.15, 0.2) is 0 Å². The van der Waals surface area contributed by atoms with E-state index < -0.39 is 0 Å². The molecule has 1 heterocycles. The van der Waals surface area contributed by atoms with Crippen molar-refractivity contribution in [3.63, 3.8) is 0 Å². The number of hydrogen-bond acceptors (Lipinski definition) is 2. The molecule has 0 fully saturated rings. The SMILES string of the molecule is Nc1cc(Cc2cccc(Cl)c2Cl)[nH]n1. The second-order valence-corrected chi connectivity index (χ2v) is 3.99. The van der Waals surface area contributed by atoms with Crippen molar-refractivity contribution in [1.82, 2.24) is 10.2 Å². The maximum Gasteiger partial charge on any atom is 0.145 e. The van der Waals surface area contributed by atoms with Gasteiger partial charge in [-0.05, 0) is 11.6 Å². The first-order chi connectivity index (χ1) is 7.16. The summed E-state index contributed by atoms with van der Waals surface area (Å²) in [6.45, 7) is 0. The lowest BCUT2D eigenvalue weighted by Gasteiger charge is -2.03. The summed E-state index contributed by atoms with van der Waals surface area (Å²) in [5.41, 5.74) is 7.36. The molecule has 0 saturated heterocycles. The minimum Gasteiger partial charge on any atom is -0.382 e. The van der Waals surface area contributed by atoms with Crippen LogP contribution in [0.1, 0.15) is 11.3 Å². The molecule has 3 N–H and O–H groups in total. The third kappa shape index (κ3) is 2.25. The monoisotopic (exact) mass is 241 g/mol. The summed E-state index contributed by atoms with van der Waals surface area (Å²) in [5.74, 6) is 0.475. The lowest BCUT2D eigenvalue weighted by atomic mass is 10.1. The molecule has 0 saturated carbocycles. The first-order valence-electron chi connectivity index (χ1n) is 4.39. The summed E-state index contributed by atoms with van der Waals surface area (Å²) >= 11 is 12.0. The highest BCUT2D eigenvalue weighted by Gasteiger charge is 2.06. The van der Waals surface area contributed by atoms with Crippen molar-refractivity contribution in [1.29, 1.82) is 0 Å². The molecule has 2 rings (SSSR count). The fourth-order valence-electron chi connectivity index (χ4n) is 1.36. The molecule has 0 aliphatic carbocycles. The molecule has 2 aromatic rings. The average Bonchev–Trinajstić information content (AvgIpc) is 2.59. The van der Waals surface area contributed by atoms with E-state index in [1.54, 1.807) is 12.1 Å². The van der Waals surface area contributed by atoms with Crippen molar-refractivity contribution < 1.29 is 0 Å². The van der Waals surface area contributed by atoms with Crippen LogP contribution in [0.5, 0.6) is 0 Å². The predicted octanol–water partition coefficient (Wildman–Crippen LogP) is 2.89. The van der Waals surface area contributed by atoms with Crippen LogP contribution in [0.15, 0.2) is 24.3 Å². The van der Waals surface area contributed by atoms with Crippen molar-refractivity contribution in [2.45, 2.75) is 6.42 Å². The van der Waals surface area contributed by atoms with Crippen LogP contribution in [-0.2, 0) is 6.42 Å². The zero-order valence-corrected chi connectivity index (χ0v) is 9.31. The van der Waals surface area contributed by atoms with Gasteiger partial charge in [0.05, 0.1) is 10.0 Å². The summed E-state index contributed by atoms with van der Waals surface area (Å²) in [4.78, 5) is 0. The van der Waals surface area contributed by atoms with Gasteiger partial charge in [-0.1, -0.05) is 35.3 Å². The Morgan fingerprint density at radius 2 is 2.13 bits per heavy atom. The number of hydrogen-bond donors (Lipinski definition) is 2. The summed E-state index contributed by atoms with van der Waals surface area (Å²) < 4.78 is 0. The Morgan fingerprint density at radius 3 is 2.80 bits per heavy atom. The number of H-pyrrole nitrogens is 1. The van der Waals surface area contributed by atoms with E-state index in [2.05, 4.69) is 10.2 Å².